The minimum absolute atomic E-state index is 0.0762. The molecule has 170 valence electrons. The highest BCUT2D eigenvalue weighted by molar-refractivity contribution is 7.22. The van der Waals surface area contributed by atoms with Crippen LogP contribution in [0.3, 0.4) is 0 Å². The number of benzene rings is 3. The first kappa shape index (κ1) is 21.9. The highest BCUT2D eigenvalue weighted by Gasteiger charge is 2.21. The molecule has 0 aliphatic carbocycles. The number of rotatable bonds is 8. The second kappa shape index (κ2) is 9.89. The Balaban J connectivity index is 1.38. The molecular weight excluding hydrogens is 444 g/mol. The van der Waals surface area contributed by atoms with Crippen molar-refractivity contribution >= 4 is 32.6 Å². The van der Waals surface area contributed by atoms with E-state index in [1.165, 1.54) is 5.56 Å². The van der Waals surface area contributed by atoms with Gasteiger partial charge in [0.2, 0.25) is 0 Å². The van der Waals surface area contributed by atoms with Crippen molar-refractivity contribution in [2.75, 3.05) is 11.4 Å². The van der Waals surface area contributed by atoms with Gasteiger partial charge in [-0.05, 0) is 67.4 Å². The summed E-state index contributed by atoms with van der Waals surface area (Å²) in [5, 5.41) is 0.709. The molecule has 0 saturated carbocycles. The fourth-order valence-electron chi connectivity index (χ4n) is 3.70. The summed E-state index contributed by atoms with van der Waals surface area (Å²) in [6, 6.07) is 23.0. The normalized spacial score (nSPS) is 11.0. The summed E-state index contributed by atoms with van der Waals surface area (Å²) in [6.45, 7) is 3.39. The van der Waals surface area contributed by atoms with Crippen LogP contribution < -0.4 is 9.64 Å². The van der Waals surface area contributed by atoms with Crippen molar-refractivity contribution in [3.05, 3.63) is 103 Å². The highest BCUT2D eigenvalue weighted by Crippen LogP contribution is 2.31. The quantitative estimate of drug-likeness (QED) is 0.267. The van der Waals surface area contributed by atoms with Crippen LogP contribution in [0.2, 0.25) is 0 Å². The van der Waals surface area contributed by atoms with Crippen molar-refractivity contribution in [1.29, 1.82) is 0 Å². The fraction of sp³-hybridized carbons (Fsp3) is 0.148. The van der Waals surface area contributed by atoms with Crippen molar-refractivity contribution in [3.8, 4) is 11.5 Å². The predicted molar refractivity (Wildman–Crippen MR) is 136 cm³/mol. The van der Waals surface area contributed by atoms with Gasteiger partial charge in [0.1, 0.15) is 11.5 Å². The third-order valence-electron chi connectivity index (χ3n) is 5.45. The zero-order valence-corrected chi connectivity index (χ0v) is 19.6. The summed E-state index contributed by atoms with van der Waals surface area (Å²) in [6.07, 6.45) is 6.26. The Labute approximate surface area is 202 Å². The number of thiazole rings is 1. The molecule has 1 amide bonds. The molecule has 2 aromatic heterocycles. The summed E-state index contributed by atoms with van der Waals surface area (Å²) >= 11 is 1.55. The van der Waals surface area contributed by atoms with E-state index in [0.29, 0.717) is 23.0 Å². The molecule has 5 aromatic rings. The summed E-state index contributed by atoms with van der Waals surface area (Å²) in [7, 11) is 0. The third-order valence-corrected chi connectivity index (χ3v) is 6.49. The average molecular weight is 469 g/mol. The first-order valence-electron chi connectivity index (χ1n) is 11.1. The van der Waals surface area contributed by atoms with E-state index in [9.17, 15) is 4.79 Å². The molecule has 6 nitrogen and oxygen atoms in total. The number of hydrogen-bond donors (Lipinski definition) is 0. The van der Waals surface area contributed by atoms with E-state index in [1.807, 2.05) is 65.4 Å². The van der Waals surface area contributed by atoms with E-state index in [2.05, 4.69) is 18.0 Å². The molecule has 0 saturated heterocycles. The summed E-state index contributed by atoms with van der Waals surface area (Å²) in [4.78, 5) is 24.2. The lowest BCUT2D eigenvalue weighted by molar-refractivity contribution is 0.0986. The first-order valence-corrected chi connectivity index (χ1v) is 12.0. The van der Waals surface area contributed by atoms with Gasteiger partial charge in [0.25, 0.3) is 5.91 Å². The van der Waals surface area contributed by atoms with Gasteiger partial charge in [-0.15, -0.1) is 0 Å². The largest absolute Gasteiger partial charge is 0.457 e. The minimum Gasteiger partial charge on any atom is -0.457 e. The number of carbonyl (C=O) groups is 1. The summed E-state index contributed by atoms with van der Waals surface area (Å²) in [5.74, 6) is 1.37. The number of para-hydroxylation sites is 1. The van der Waals surface area contributed by atoms with E-state index < -0.39 is 0 Å². The molecule has 2 heterocycles. The van der Waals surface area contributed by atoms with E-state index >= 15 is 0 Å². The molecule has 3 aromatic carbocycles. The molecule has 0 spiro atoms. The number of hydrogen-bond acceptors (Lipinski definition) is 5. The molecular formula is C27H24N4O2S. The molecule has 0 bridgehead atoms. The molecule has 0 N–H and O–H groups in total. The number of imidazole rings is 1. The van der Waals surface area contributed by atoms with Gasteiger partial charge >= 0.3 is 0 Å². The number of carbonyl (C=O) groups excluding carboxylic acids is 1. The van der Waals surface area contributed by atoms with Gasteiger partial charge in [-0.3, -0.25) is 9.69 Å². The van der Waals surface area contributed by atoms with E-state index in [0.717, 1.165) is 28.9 Å². The third kappa shape index (κ3) is 5.00. The van der Waals surface area contributed by atoms with Crippen molar-refractivity contribution in [2.45, 2.75) is 19.9 Å². The number of amides is 1. The Morgan fingerprint density at radius 3 is 2.59 bits per heavy atom. The van der Waals surface area contributed by atoms with Crippen LogP contribution in [0.4, 0.5) is 5.13 Å². The molecule has 0 aliphatic rings. The Hall–Kier alpha value is -3.97. The molecule has 7 heteroatoms. The number of fused-ring (bicyclic) bond motifs is 1. The van der Waals surface area contributed by atoms with Crippen LogP contribution >= 0.6 is 11.3 Å². The van der Waals surface area contributed by atoms with Crippen LogP contribution in [-0.2, 0) is 6.54 Å². The lowest BCUT2D eigenvalue weighted by atomic mass is 10.2. The van der Waals surface area contributed by atoms with Crippen molar-refractivity contribution in [3.63, 3.8) is 0 Å². The van der Waals surface area contributed by atoms with E-state index in [1.54, 1.807) is 40.9 Å². The molecule has 0 atom stereocenters. The predicted octanol–water partition coefficient (Wildman–Crippen LogP) is 6.33. The topological polar surface area (TPSA) is 60.2 Å². The molecule has 5 rings (SSSR count). The van der Waals surface area contributed by atoms with Gasteiger partial charge in [-0.1, -0.05) is 35.6 Å². The summed E-state index contributed by atoms with van der Waals surface area (Å²) < 4.78 is 8.96. The van der Waals surface area contributed by atoms with Gasteiger partial charge in [0, 0.05) is 31.0 Å². The molecule has 0 fully saturated rings. The van der Waals surface area contributed by atoms with Gasteiger partial charge in [-0.2, -0.15) is 0 Å². The number of ether oxygens (including phenoxy) is 1. The van der Waals surface area contributed by atoms with Crippen LogP contribution in [0.25, 0.3) is 10.2 Å². The monoisotopic (exact) mass is 468 g/mol. The van der Waals surface area contributed by atoms with Gasteiger partial charge in [0.05, 0.1) is 16.5 Å². The van der Waals surface area contributed by atoms with Gasteiger partial charge in [0.15, 0.2) is 5.13 Å². The second-order valence-corrected chi connectivity index (χ2v) is 9.03. The average Bonchev–Trinajstić information content (AvgIpc) is 3.52. The molecule has 34 heavy (non-hydrogen) atoms. The number of nitrogens with zero attached hydrogens (tertiary/aromatic N) is 4. The maximum atomic E-state index is 13.6. The van der Waals surface area contributed by atoms with Crippen molar-refractivity contribution in [1.82, 2.24) is 14.5 Å². The molecule has 0 unspecified atom stereocenters. The zero-order valence-electron chi connectivity index (χ0n) is 18.8. The van der Waals surface area contributed by atoms with E-state index in [-0.39, 0.29) is 5.91 Å². The minimum atomic E-state index is -0.0762. The maximum Gasteiger partial charge on any atom is 0.260 e. The number of anilines is 1. The van der Waals surface area contributed by atoms with Crippen molar-refractivity contribution < 1.29 is 9.53 Å². The Morgan fingerprint density at radius 1 is 1.03 bits per heavy atom. The Morgan fingerprint density at radius 2 is 1.82 bits per heavy atom. The fourth-order valence-corrected chi connectivity index (χ4v) is 4.78. The SMILES string of the molecule is Cc1ccc2nc(N(CCCn3ccnc3)C(=O)c3ccc(Oc4ccccc4)cc3)sc2c1. The number of aryl methyl sites for hydroxylation is 2. The Kier molecular flexibility index (Phi) is 6.35. The zero-order chi connectivity index (χ0) is 23.3. The lowest BCUT2D eigenvalue weighted by Gasteiger charge is -2.20. The summed E-state index contributed by atoms with van der Waals surface area (Å²) in [5.41, 5.74) is 2.68. The smallest absolute Gasteiger partial charge is 0.260 e. The maximum absolute atomic E-state index is 13.6. The van der Waals surface area contributed by atoms with E-state index in [4.69, 9.17) is 9.72 Å². The van der Waals surface area contributed by atoms with Crippen LogP contribution in [0.15, 0.2) is 91.5 Å². The molecule has 0 radical (unpaired) electrons. The first-order chi connectivity index (χ1) is 16.7. The van der Waals surface area contributed by atoms with Crippen LogP contribution in [0.1, 0.15) is 22.3 Å². The van der Waals surface area contributed by atoms with Gasteiger partial charge in [-0.25, -0.2) is 9.97 Å². The van der Waals surface area contributed by atoms with Gasteiger partial charge < -0.3 is 9.30 Å². The van der Waals surface area contributed by atoms with Crippen LogP contribution in [0.5, 0.6) is 11.5 Å². The standard InChI is InChI=1S/C27H24N4O2S/c1-20-8-13-24-25(18-20)34-27(29-24)31(16-5-15-30-17-14-28-19-30)26(32)21-9-11-23(12-10-21)33-22-6-3-2-4-7-22/h2-4,6-14,17-19H,5,15-16H2,1H3. The van der Waals surface area contributed by atoms with Crippen LogP contribution in [0, 0.1) is 6.92 Å². The highest BCUT2D eigenvalue weighted by atomic mass is 32.1. The molecule has 0 aliphatic heterocycles. The van der Waals surface area contributed by atoms with Crippen LogP contribution in [-0.4, -0.2) is 27.0 Å². The lowest BCUT2D eigenvalue weighted by Crippen LogP contribution is -2.32. The number of aromatic nitrogens is 3. The second-order valence-electron chi connectivity index (χ2n) is 8.02. The van der Waals surface area contributed by atoms with Crippen molar-refractivity contribution in [2.24, 2.45) is 0 Å². The Bertz CT molecular complexity index is 1380.